The van der Waals surface area contributed by atoms with Crippen molar-refractivity contribution in [3.63, 3.8) is 0 Å². The fraction of sp³-hybridized carbons (Fsp3) is 0.263. The van der Waals surface area contributed by atoms with Crippen LogP contribution in [0.3, 0.4) is 0 Å². The van der Waals surface area contributed by atoms with Gasteiger partial charge < -0.3 is 5.32 Å². The molecular formula is C19H18N2OS. The molecule has 0 bridgehead atoms. The summed E-state index contributed by atoms with van der Waals surface area (Å²) in [5.74, 6) is 0.00232. The maximum absolute atomic E-state index is 12.5. The van der Waals surface area contributed by atoms with Gasteiger partial charge >= 0.3 is 0 Å². The zero-order valence-corrected chi connectivity index (χ0v) is 13.6. The van der Waals surface area contributed by atoms with Gasteiger partial charge in [-0.25, -0.2) is 4.98 Å². The Hall–Kier alpha value is -2.20. The van der Waals surface area contributed by atoms with Crippen LogP contribution in [0.2, 0.25) is 0 Å². The van der Waals surface area contributed by atoms with Crippen LogP contribution < -0.4 is 5.32 Å². The zero-order chi connectivity index (χ0) is 15.7. The Labute approximate surface area is 139 Å². The van der Waals surface area contributed by atoms with E-state index in [0.29, 0.717) is 12.1 Å². The number of amides is 1. The number of thiazole rings is 1. The standard InChI is InChI=1S/C19H18N2OS/c22-18(14-7-8-16-17(11-14)23-13-21-16)20-12-19(9-4-10-19)15-5-2-1-3-6-15/h1-3,5-8,11,13H,4,9-10,12H2,(H,20,22). The Bertz CT molecular complexity index is 837. The normalized spacial score (nSPS) is 16.0. The average Bonchev–Trinajstić information content (AvgIpc) is 3.02. The van der Waals surface area contributed by atoms with Crippen LogP contribution in [-0.4, -0.2) is 17.4 Å². The van der Waals surface area contributed by atoms with E-state index in [1.54, 1.807) is 11.3 Å². The molecule has 3 aromatic rings. The number of hydrogen-bond acceptors (Lipinski definition) is 3. The van der Waals surface area contributed by atoms with Crippen LogP contribution in [-0.2, 0) is 5.41 Å². The molecule has 0 unspecified atom stereocenters. The number of benzene rings is 2. The molecule has 0 saturated heterocycles. The van der Waals surface area contributed by atoms with Gasteiger partial charge in [0.2, 0.25) is 0 Å². The highest BCUT2D eigenvalue weighted by Crippen LogP contribution is 2.43. The van der Waals surface area contributed by atoms with Gasteiger partial charge in [0.25, 0.3) is 5.91 Å². The largest absolute Gasteiger partial charge is 0.351 e. The molecule has 2 aromatic carbocycles. The molecule has 116 valence electrons. The molecule has 1 aromatic heterocycles. The van der Waals surface area contributed by atoms with Crippen molar-refractivity contribution in [1.82, 2.24) is 10.3 Å². The van der Waals surface area contributed by atoms with E-state index >= 15 is 0 Å². The Kier molecular flexibility index (Phi) is 3.62. The first-order valence-corrected chi connectivity index (χ1v) is 8.82. The van der Waals surface area contributed by atoms with Crippen molar-refractivity contribution in [2.24, 2.45) is 0 Å². The fourth-order valence-corrected chi connectivity index (χ4v) is 4.03. The number of aromatic nitrogens is 1. The van der Waals surface area contributed by atoms with Gasteiger partial charge in [-0.3, -0.25) is 4.79 Å². The smallest absolute Gasteiger partial charge is 0.251 e. The molecule has 0 atom stereocenters. The molecule has 0 radical (unpaired) electrons. The molecule has 4 heteroatoms. The summed E-state index contributed by atoms with van der Waals surface area (Å²) in [6.07, 6.45) is 3.52. The van der Waals surface area contributed by atoms with Crippen LogP contribution in [0, 0.1) is 0 Å². The molecule has 1 N–H and O–H groups in total. The lowest BCUT2D eigenvalue weighted by atomic mass is 9.64. The van der Waals surface area contributed by atoms with E-state index in [2.05, 4.69) is 34.6 Å². The Balaban J connectivity index is 1.50. The summed E-state index contributed by atoms with van der Waals surface area (Å²) < 4.78 is 1.05. The van der Waals surface area contributed by atoms with Crippen LogP contribution in [0.1, 0.15) is 35.2 Å². The van der Waals surface area contributed by atoms with E-state index in [1.165, 1.54) is 12.0 Å². The Morgan fingerprint density at radius 3 is 2.74 bits per heavy atom. The first kappa shape index (κ1) is 14.4. The Morgan fingerprint density at radius 2 is 2.00 bits per heavy atom. The number of carbonyl (C=O) groups is 1. The van der Waals surface area contributed by atoms with Crippen LogP contribution in [0.5, 0.6) is 0 Å². The van der Waals surface area contributed by atoms with E-state index in [9.17, 15) is 4.79 Å². The number of fused-ring (bicyclic) bond motifs is 1. The molecule has 1 fully saturated rings. The number of hydrogen-bond donors (Lipinski definition) is 1. The highest BCUT2D eigenvalue weighted by Gasteiger charge is 2.38. The third kappa shape index (κ3) is 2.63. The summed E-state index contributed by atoms with van der Waals surface area (Å²) in [6, 6.07) is 16.2. The second-order valence-electron chi connectivity index (χ2n) is 6.22. The van der Waals surface area contributed by atoms with Gasteiger partial charge in [-0.2, -0.15) is 0 Å². The van der Waals surface area contributed by atoms with Gasteiger partial charge in [0.1, 0.15) is 0 Å². The van der Waals surface area contributed by atoms with Gasteiger partial charge in [0.15, 0.2) is 0 Å². The van der Waals surface area contributed by atoms with Crippen molar-refractivity contribution >= 4 is 27.5 Å². The van der Waals surface area contributed by atoms with Gasteiger partial charge in [0, 0.05) is 17.5 Å². The predicted molar refractivity (Wildman–Crippen MR) is 93.9 cm³/mol. The van der Waals surface area contributed by atoms with Crippen molar-refractivity contribution in [2.75, 3.05) is 6.54 Å². The molecule has 1 saturated carbocycles. The summed E-state index contributed by atoms with van der Waals surface area (Å²) in [4.78, 5) is 16.8. The van der Waals surface area contributed by atoms with E-state index in [1.807, 2.05) is 29.8 Å². The number of rotatable bonds is 4. The molecule has 1 heterocycles. The highest BCUT2D eigenvalue weighted by atomic mass is 32.1. The van der Waals surface area contributed by atoms with E-state index in [-0.39, 0.29) is 11.3 Å². The molecule has 0 aliphatic heterocycles. The van der Waals surface area contributed by atoms with Crippen LogP contribution >= 0.6 is 11.3 Å². The average molecular weight is 322 g/mol. The minimum absolute atomic E-state index is 0.00232. The minimum atomic E-state index is 0.00232. The van der Waals surface area contributed by atoms with Gasteiger partial charge in [-0.15, -0.1) is 11.3 Å². The van der Waals surface area contributed by atoms with Crippen molar-refractivity contribution < 1.29 is 4.79 Å². The fourth-order valence-electron chi connectivity index (χ4n) is 3.31. The SMILES string of the molecule is O=C(NCC1(c2ccccc2)CCC1)c1ccc2ncsc2c1. The molecule has 23 heavy (non-hydrogen) atoms. The summed E-state index contributed by atoms with van der Waals surface area (Å²) in [7, 11) is 0. The van der Waals surface area contributed by atoms with Crippen molar-refractivity contribution in [1.29, 1.82) is 0 Å². The lowest BCUT2D eigenvalue weighted by Crippen LogP contribution is -2.45. The molecule has 0 spiro atoms. The van der Waals surface area contributed by atoms with Crippen LogP contribution in [0.4, 0.5) is 0 Å². The molecule has 1 aliphatic rings. The molecule has 1 amide bonds. The van der Waals surface area contributed by atoms with Crippen molar-refractivity contribution in [2.45, 2.75) is 24.7 Å². The topological polar surface area (TPSA) is 42.0 Å². The monoisotopic (exact) mass is 322 g/mol. The van der Waals surface area contributed by atoms with Crippen molar-refractivity contribution in [3.05, 3.63) is 65.2 Å². The third-order valence-electron chi connectivity index (χ3n) is 4.88. The first-order chi connectivity index (χ1) is 11.3. The number of nitrogens with one attached hydrogen (secondary N) is 1. The maximum atomic E-state index is 12.5. The van der Waals surface area contributed by atoms with E-state index < -0.39 is 0 Å². The quantitative estimate of drug-likeness (QED) is 0.784. The Morgan fingerprint density at radius 1 is 1.17 bits per heavy atom. The predicted octanol–water partition coefficient (Wildman–Crippen LogP) is 4.15. The zero-order valence-electron chi connectivity index (χ0n) is 12.8. The third-order valence-corrected chi connectivity index (χ3v) is 5.67. The van der Waals surface area contributed by atoms with Crippen LogP contribution in [0.25, 0.3) is 10.2 Å². The highest BCUT2D eigenvalue weighted by molar-refractivity contribution is 7.16. The van der Waals surface area contributed by atoms with Gasteiger partial charge in [0.05, 0.1) is 15.7 Å². The summed E-state index contributed by atoms with van der Waals surface area (Å²) >= 11 is 1.56. The maximum Gasteiger partial charge on any atom is 0.251 e. The van der Waals surface area contributed by atoms with Crippen LogP contribution in [0.15, 0.2) is 54.0 Å². The summed E-state index contributed by atoms with van der Waals surface area (Å²) in [6.45, 7) is 0.705. The van der Waals surface area contributed by atoms with E-state index in [0.717, 1.165) is 23.1 Å². The number of nitrogens with zero attached hydrogens (tertiary/aromatic N) is 1. The molecule has 1 aliphatic carbocycles. The van der Waals surface area contributed by atoms with Gasteiger partial charge in [-0.1, -0.05) is 36.8 Å². The second kappa shape index (κ2) is 5.78. The van der Waals surface area contributed by atoms with Crippen molar-refractivity contribution in [3.8, 4) is 0 Å². The molecule has 4 rings (SSSR count). The summed E-state index contributed by atoms with van der Waals surface area (Å²) in [5.41, 5.74) is 4.93. The number of carbonyl (C=O) groups excluding carboxylic acids is 1. The first-order valence-electron chi connectivity index (χ1n) is 7.94. The van der Waals surface area contributed by atoms with E-state index in [4.69, 9.17) is 0 Å². The second-order valence-corrected chi connectivity index (χ2v) is 7.10. The summed E-state index contributed by atoms with van der Waals surface area (Å²) in [5, 5.41) is 3.14. The minimum Gasteiger partial charge on any atom is -0.351 e. The molecule has 3 nitrogen and oxygen atoms in total. The molecular weight excluding hydrogens is 304 g/mol. The lowest BCUT2D eigenvalue weighted by Gasteiger charge is -2.42. The lowest BCUT2D eigenvalue weighted by molar-refractivity contribution is 0.0928. The van der Waals surface area contributed by atoms with Gasteiger partial charge in [-0.05, 0) is 36.6 Å².